The van der Waals surface area contributed by atoms with Crippen molar-refractivity contribution in [2.75, 3.05) is 6.54 Å². The molecule has 1 saturated heterocycles. The number of carbonyl (C=O) groups excluding carboxylic acids is 2. The van der Waals surface area contributed by atoms with E-state index in [2.05, 4.69) is 4.74 Å². The molecule has 0 N–H and O–H groups in total. The van der Waals surface area contributed by atoms with E-state index in [1.165, 1.54) is 17.0 Å². The summed E-state index contributed by atoms with van der Waals surface area (Å²) in [7, 11) is 0. The molecular formula is C16H14F2NO4S2-. The van der Waals surface area contributed by atoms with Crippen molar-refractivity contribution < 1.29 is 28.2 Å². The molecule has 5 nitrogen and oxygen atoms in total. The van der Waals surface area contributed by atoms with Gasteiger partial charge in [0.25, 0.3) is 5.91 Å². The van der Waals surface area contributed by atoms with Crippen molar-refractivity contribution >= 4 is 46.3 Å². The number of ether oxygens (including phenoxy) is 1. The Morgan fingerprint density at radius 3 is 2.60 bits per heavy atom. The molecule has 0 aliphatic carbocycles. The first kappa shape index (κ1) is 19.3. The minimum absolute atomic E-state index is 0.0348. The highest BCUT2D eigenvalue weighted by molar-refractivity contribution is 8.26. The van der Waals surface area contributed by atoms with Gasteiger partial charge >= 0.3 is 6.61 Å². The normalized spacial score (nSPS) is 16.1. The second-order valence-corrected chi connectivity index (χ2v) is 6.79. The number of rotatable bonds is 8. The van der Waals surface area contributed by atoms with Crippen LogP contribution in [0.15, 0.2) is 29.2 Å². The molecule has 1 heterocycles. The highest BCUT2D eigenvalue weighted by Crippen LogP contribution is 2.33. The quantitative estimate of drug-likeness (QED) is 0.388. The number of nitrogens with zero attached hydrogens (tertiary/aromatic N) is 1. The lowest BCUT2D eigenvalue weighted by Gasteiger charge is -2.14. The summed E-state index contributed by atoms with van der Waals surface area (Å²) in [6.07, 6.45) is 2.47. The second kappa shape index (κ2) is 8.91. The van der Waals surface area contributed by atoms with Crippen LogP contribution in [-0.4, -0.2) is 34.3 Å². The molecule has 0 unspecified atom stereocenters. The van der Waals surface area contributed by atoms with Gasteiger partial charge in [0.05, 0.1) is 4.91 Å². The van der Waals surface area contributed by atoms with E-state index in [1.807, 2.05) is 0 Å². The van der Waals surface area contributed by atoms with Gasteiger partial charge in [0.1, 0.15) is 10.1 Å². The van der Waals surface area contributed by atoms with Crippen LogP contribution >= 0.6 is 24.0 Å². The van der Waals surface area contributed by atoms with Crippen LogP contribution in [0.1, 0.15) is 24.8 Å². The molecule has 1 aromatic carbocycles. The molecule has 1 fully saturated rings. The highest BCUT2D eigenvalue weighted by atomic mass is 32.2. The predicted octanol–water partition coefficient (Wildman–Crippen LogP) is 2.41. The Morgan fingerprint density at radius 1 is 1.32 bits per heavy atom. The van der Waals surface area contributed by atoms with Gasteiger partial charge in [0.2, 0.25) is 0 Å². The molecule has 2 rings (SSSR count). The molecule has 9 heteroatoms. The van der Waals surface area contributed by atoms with Crippen molar-refractivity contribution in [2.24, 2.45) is 0 Å². The minimum Gasteiger partial charge on any atom is -0.550 e. The summed E-state index contributed by atoms with van der Waals surface area (Å²) in [6.45, 7) is -2.55. The first-order valence-corrected chi connectivity index (χ1v) is 8.59. The zero-order valence-electron chi connectivity index (χ0n) is 12.9. The molecule has 0 radical (unpaired) electrons. The third-order valence-electron chi connectivity index (χ3n) is 3.29. The Bertz CT molecular complexity index is 692. The van der Waals surface area contributed by atoms with Crippen molar-refractivity contribution in [3.8, 4) is 5.75 Å². The lowest BCUT2D eigenvalue weighted by Crippen LogP contribution is -2.29. The SMILES string of the molecule is O=C([O-])CCCCN1C(=O)/C(=C\c2ccc(OC(F)F)cc2)SC1=S. The minimum atomic E-state index is -2.89. The summed E-state index contributed by atoms with van der Waals surface area (Å²) in [6, 6.07) is 5.89. The van der Waals surface area contributed by atoms with Crippen LogP contribution in [-0.2, 0) is 9.59 Å². The first-order valence-electron chi connectivity index (χ1n) is 7.37. The summed E-state index contributed by atoms with van der Waals surface area (Å²) in [5.41, 5.74) is 0.652. The summed E-state index contributed by atoms with van der Waals surface area (Å²) >= 11 is 6.32. The van der Waals surface area contributed by atoms with Crippen molar-refractivity contribution in [2.45, 2.75) is 25.9 Å². The van der Waals surface area contributed by atoms with Crippen LogP contribution < -0.4 is 9.84 Å². The fourth-order valence-corrected chi connectivity index (χ4v) is 3.44. The van der Waals surface area contributed by atoms with Crippen LogP contribution in [0, 0.1) is 0 Å². The van der Waals surface area contributed by atoms with Gasteiger partial charge in [-0.05, 0) is 43.0 Å². The van der Waals surface area contributed by atoms with Gasteiger partial charge in [-0.1, -0.05) is 36.1 Å². The maximum atomic E-state index is 12.4. The maximum absolute atomic E-state index is 12.4. The molecular weight excluding hydrogens is 372 g/mol. The average Bonchev–Trinajstić information content (AvgIpc) is 2.79. The van der Waals surface area contributed by atoms with E-state index >= 15 is 0 Å². The van der Waals surface area contributed by atoms with Gasteiger partial charge in [-0.3, -0.25) is 9.69 Å². The lowest BCUT2D eigenvalue weighted by molar-refractivity contribution is -0.305. The number of alkyl halides is 2. The number of aliphatic carboxylic acids is 1. The van der Waals surface area contributed by atoms with E-state index in [4.69, 9.17) is 12.2 Å². The number of thiocarbonyl (C=S) groups is 1. The number of thioether (sulfide) groups is 1. The lowest BCUT2D eigenvalue weighted by atomic mass is 10.2. The van der Waals surface area contributed by atoms with Crippen LogP contribution in [0.4, 0.5) is 8.78 Å². The predicted molar refractivity (Wildman–Crippen MR) is 91.8 cm³/mol. The third-order valence-corrected chi connectivity index (χ3v) is 4.67. The van der Waals surface area contributed by atoms with Crippen LogP contribution in [0.2, 0.25) is 0 Å². The molecule has 25 heavy (non-hydrogen) atoms. The van der Waals surface area contributed by atoms with Gasteiger partial charge in [-0.2, -0.15) is 8.78 Å². The number of halogens is 2. The summed E-state index contributed by atoms with van der Waals surface area (Å²) in [5.74, 6) is -1.34. The number of carbonyl (C=O) groups is 2. The van der Waals surface area contributed by atoms with Gasteiger partial charge in [0, 0.05) is 12.5 Å². The molecule has 134 valence electrons. The molecule has 1 aromatic rings. The molecule has 1 amide bonds. The zero-order valence-corrected chi connectivity index (χ0v) is 14.6. The Balaban J connectivity index is 1.98. The Labute approximate surface area is 152 Å². The fourth-order valence-electron chi connectivity index (χ4n) is 2.13. The van der Waals surface area contributed by atoms with Gasteiger partial charge in [0.15, 0.2) is 0 Å². The van der Waals surface area contributed by atoms with Crippen molar-refractivity contribution in [1.29, 1.82) is 0 Å². The zero-order chi connectivity index (χ0) is 18.4. The molecule has 0 saturated carbocycles. The second-order valence-electron chi connectivity index (χ2n) is 5.11. The summed E-state index contributed by atoms with van der Waals surface area (Å²) < 4.78 is 28.9. The van der Waals surface area contributed by atoms with Crippen molar-refractivity contribution in [3.63, 3.8) is 0 Å². The van der Waals surface area contributed by atoms with E-state index in [0.717, 1.165) is 11.8 Å². The third kappa shape index (κ3) is 5.79. The van der Waals surface area contributed by atoms with Crippen LogP contribution in [0.25, 0.3) is 6.08 Å². The Kier molecular flexibility index (Phi) is 6.89. The Hall–Kier alpha value is -2.00. The summed E-state index contributed by atoms with van der Waals surface area (Å²) in [5, 5.41) is 10.4. The monoisotopic (exact) mass is 386 g/mol. The largest absolute Gasteiger partial charge is 0.550 e. The highest BCUT2D eigenvalue weighted by Gasteiger charge is 2.31. The molecule has 0 bridgehead atoms. The molecule has 1 aliphatic rings. The van der Waals surface area contributed by atoms with E-state index in [1.54, 1.807) is 18.2 Å². The van der Waals surface area contributed by atoms with Crippen LogP contribution in [0.5, 0.6) is 5.75 Å². The number of benzene rings is 1. The van der Waals surface area contributed by atoms with Crippen molar-refractivity contribution in [1.82, 2.24) is 4.90 Å². The smallest absolute Gasteiger partial charge is 0.387 e. The number of carboxylic acid groups (broad SMARTS) is 1. The van der Waals surface area contributed by atoms with E-state index in [0.29, 0.717) is 34.2 Å². The van der Waals surface area contributed by atoms with Gasteiger partial charge < -0.3 is 14.6 Å². The van der Waals surface area contributed by atoms with E-state index in [9.17, 15) is 23.5 Å². The first-order chi connectivity index (χ1) is 11.9. The molecule has 0 aromatic heterocycles. The number of amides is 1. The fraction of sp³-hybridized carbons (Fsp3) is 0.312. The summed E-state index contributed by atoms with van der Waals surface area (Å²) in [4.78, 5) is 24.6. The van der Waals surface area contributed by atoms with Gasteiger partial charge in [-0.25, -0.2) is 0 Å². The van der Waals surface area contributed by atoms with Gasteiger partial charge in [-0.15, -0.1) is 0 Å². The van der Waals surface area contributed by atoms with Crippen LogP contribution in [0.3, 0.4) is 0 Å². The topological polar surface area (TPSA) is 69.7 Å². The standard InChI is InChI=1S/C16H15F2NO4S2/c17-15(18)23-11-6-4-10(5-7-11)9-12-14(22)19(16(24)25-12)8-2-1-3-13(20)21/h4-7,9,15H,1-3,8H2,(H,20,21)/p-1/b12-9+. The maximum Gasteiger partial charge on any atom is 0.387 e. The van der Waals surface area contributed by atoms with E-state index in [-0.39, 0.29) is 18.1 Å². The van der Waals surface area contributed by atoms with E-state index < -0.39 is 12.6 Å². The molecule has 1 aliphatic heterocycles. The molecule has 0 spiro atoms. The molecule has 0 atom stereocenters. The number of carboxylic acids is 1. The van der Waals surface area contributed by atoms with Crippen molar-refractivity contribution in [3.05, 3.63) is 34.7 Å². The Morgan fingerprint density at radius 2 is 2.00 bits per heavy atom. The average molecular weight is 386 g/mol. The number of hydrogen-bond donors (Lipinski definition) is 0. The number of hydrogen-bond acceptors (Lipinski definition) is 6. The number of unbranched alkanes of at least 4 members (excludes halogenated alkanes) is 1.